The second-order valence-corrected chi connectivity index (χ2v) is 4.41. The zero-order valence-corrected chi connectivity index (χ0v) is 10.2. The number of nitro benzene ring substituents is 1. The third-order valence-electron chi connectivity index (χ3n) is 1.94. The standard InChI is InChI=1S/C10H12BrNO3/c1-3-15-10-5-4-8(7(2)11)6-9(10)12(13)14/h4-7H,3H2,1-2H3. The minimum atomic E-state index is -0.427. The molecule has 0 aliphatic rings. The van der Waals surface area contributed by atoms with Crippen LogP contribution in [0.4, 0.5) is 5.69 Å². The van der Waals surface area contributed by atoms with Crippen molar-refractivity contribution in [3.63, 3.8) is 0 Å². The molecule has 0 heterocycles. The van der Waals surface area contributed by atoms with Gasteiger partial charge in [0.1, 0.15) is 0 Å². The molecule has 1 aromatic rings. The molecule has 0 fully saturated rings. The lowest BCUT2D eigenvalue weighted by Gasteiger charge is -2.07. The van der Waals surface area contributed by atoms with E-state index in [-0.39, 0.29) is 10.5 Å². The predicted octanol–water partition coefficient (Wildman–Crippen LogP) is 3.45. The monoisotopic (exact) mass is 273 g/mol. The van der Waals surface area contributed by atoms with E-state index in [9.17, 15) is 10.1 Å². The van der Waals surface area contributed by atoms with E-state index in [0.29, 0.717) is 12.4 Å². The molecule has 1 unspecified atom stereocenters. The number of hydrogen-bond donors (Lipinski definition) is 0. The van der Waals surface area contributed by atoms with E-state index in [1.54, 1.807) is 13.0 Å². The Hall–Kier alpha value is -1.10. The predicted molar refractivity (Wildman–Crippen MR) is 61.6 cm³/mol. The lowest BCUT2D eigenvalue weighted by molar-refractivity contribution is -0.385. The average Bonchev–Trinajstić information content (AvgIpc) is 2.18. The number of benzene rings is 1. The van der Waals surface area contributed by atoms with Crippen molar-refractivity contribution in [1.29, 1.82) is 0 Å². The van der Waals surface area contributed by atoms with E-state index in [1.807, 2.05) is 13.0 Å². The first-order valence-corrected chi connectivity index (χ1v) is 5.53. The first kappa shape index (κ1) is 12.0. The number of alkyl halides is 1. The molecule has 0 amide bonds. The highest BCUT2D eigenvalue weighted by molar-refractivity contribution is 9.09. The summed E-state index contributed by atoms with van der Waals surface area (Å²) in [4.78, 5) is 10.4. The molecule has 4 nitrogen and oxygen atoms in total. The molecule has 0 saturated heterocycles. The Bertz CT molecular complexity index is 366. The lowest BCUT2D eigenvalue weighted by Crippen LogP contribution is -1.98. The van der Waals surface area contributed by atoms with Gasteiger partial charge in [-0.05, 0) is 25.5 Å². The van der Waals surface area contributed by atoms with Gasteiger partial charge in [-0.15, -0.1) is 0 Å². The minimum absolute atomic E-state index is 0.0145. The van der Waals surface area contributed by atoms with Crippen molar-refractivity contribution in [2.75, 3.05) is 6.61 Å². The van der Waals surface area contributed by atoms with Crippen molar-refractivity contribution in [1.82, 2.24) is 0 Å². The number of hydrogen-bond acceptors (Lipinski definition) is 3. The van der Waals surface area contributed by atoms with Gasteiger partial charge in [0.15, 0.2) is 5.75 Å². The van der Waals surface area contributed by atoms with Crippen LogP contribution in [-0.2, 0) is 0 Å². The first-order valence-electron chi connectivity index (χ1n) is 4.61. The molecule has 0 radical (unpaired) electrons. The Labute approximate surface area is 96.5 Å². The van der Waals surface area contributed by atoms with Crippen LogP contribution in [0.3, 0.4) is 0 Å². The van der Waals surface area contributed by atoms with Crippen molar-refractivity contribution in [3.8, 4) is 5.75 Å². The summed E-state index contributed by atoms with van der Waals surface area (Å²) in [7, 11) is 0. The smallest absolute Gasteiger partial charge is 0.311 e. The Morgan fingerprint density at radius 3 is 2.73 bits per heavy atom. The maximum absolute atomic E-state index is 10.8. The van der Waals surface area contributed by atoms with Crippen LogP contribution in [0.1, 0.15) is 24.2 Å². The maximum atomic E-state index is 10.8. The van der Waals surface area contributed by atoms with Crippen LogP contribution in [0.25, 0.3) is 0 Å². The molecular formula is C10H12BrNO3. The topological polar surface area (TPSA) is 52.4 Å². The van der Waals surface area contributed by atoms with Gasteiger partial charge >= 0.3 is 5.69 Å². The number of nitrogens with zero attached hydrogens (tertiary/aromatic N) is 1. The van der Waals surface area contributed by atoms with E-state index in [0.717, 1.165) is 5.56 Å². The van der Waals surface area contributed by atoms with E-state index >= 15 is 0 Å². The Morgan fingerprint density at radius 1 is 1.60 bits per heavy atom. The Kier molecular flexibility index (Phi) is 4.08. The number of nitro groups is 1. The molecule has 0 aromatic heterocycles. The van der Waals surface area contributed by atoms with Gasteiger partial charge in [0.05, 0.1) is 11.5 Å². The molecule has 0 aliphatic heterocycles. The van der Waals surface area contributed by atoms with Gasteiger partial charge in [-0.25, -0.2) is 0 Å². The van der Waals surface area contributed by atoms with Crippen molar-refractivity contribution in [2.24, 2.45) is 0 Å². The Morgan fingerprint density at radius 2 is 2.27 bits per heavy atom. The summed E-state index contributed by atoms with van der Waals surface area (Å²) in [5.41, 5.74) is 0.880. The highest BCUT2D eigenvalue weighted by Crippen LogP contribution is 2.32. The summed E-state index contributed by atoms with van der Waals surface area (Å²) >= 11 is 3.37. The highest BCUT2D eigenvalue weighted by atomic mass is 79.9. The van der Waals surface area contributed by atoms with Gasteiger partial charge in [0.25, 0.3) is 0 Å². The molecule has 0 saturated carbocycles. The average molecular weight is 274 g/mol. The fourth-order valence-corrected chi connectivity index (χ4v) is 1.49. The van der Waals surface area contributed by atoms with Crippen LogP contribution in [0.15, 0.2) is 18.2 Å². The van der Waals surface area contributed by atoms with E-state index in [1.165, 1.54) is 6.07 Å². The molecule has 82 valence electrons. The van der Waals surface area contributed by atoms with E-state index in [4.69, 9.17) is 4.74 Å². The quantitative estimate of drug-likeness (QED) is 0.480. The summed E-state index contributed by atoms with van der Waals surface area (Å²) in [6, 6.07) is 4.98. The number of rotatable bonds is 4. The van der Waals surface area contributed by atoms with Gasteiger partial charge in [0.2, 0.25) is 0 Å². The second kappa shape index (κ2) is 5.11. The summed E-state index contributed by atoms with van der Waals surface area (Å²) in [6.07, 6.45) is 0. The molecule has 0 spiro atoms. The van der Waals surface area contributed by atoms with Gasteiger partial charge in [-0.1, -0.05) is 22.0 Å². The minimum Gasteiger partial charge on any atom is -0.487 e. The lowest BCUT2D eigenvalue weighted by atomic mass is 10.1. The van der Waals surface area contributed by atoms with Gasteiger partial charge in [-0.3, -0.25) is 10.1 Å². The maximum Gasteiger partial charge on any atom is 0.311 e. The molecular weight excluding hydrogens is 262 g/mol. The van der Waals surface area contributed by atoms with Crippen LogP contribution in [0.5, 0.6) is 5.75 Å². The molecule has 15 heavy (non-hydrogen) atoms. The third-order valence-corrected chi connectivity index (χ3v) is 2.47. The SMILES string of the molecule is CCOc1ccc(C(C)Br)cc1[N+](=O)[O-]. The summed E-state index contributed by atoms with van der Waals surface area (Å²) in [6.45, 7) is 4.13. The molecule has 0 N–H and O–H groups in total. The zero-order chi connectivity index (χ0) is 11.4. The third kappa shape index (κ3) is 2.92. The van der Waals surface area contributed by atoms with Crippen molar-refractivity contribution < 1.29 is 9.66 Å². The molecule has 1 rings (SSSR count). The summed E-state index contributed by atoms with van der Waals surface area (Å²) in [5.74, 6) is 0.319. The zero-order valence-electron chi connectivity index (χ0n) is 8.57. The molecule has 0 aliphatic carbocycles. The molecule has 1 atom stereocenters. The second-order valence-electron chi connectivity index (χ2n) is 3.03. The van der Waals surface area contributed by atoms with E-state index < -0.39 is 4.92 Å². The van der Waals surface area contributed by atoms with Crippen molar-refractivity contribution in [3.05, 3.63) is 33.9 Å². The normalized spacial score (nSPS) is 12.2. The molecule has 0 bridgehead atoms. The summed E-state index contributed by atoms with van der Waals surface area (Å²) in [5, 5.41) is 10.8. The number of ether oxygens (including phenoxy) is 1. The number of halogens is 1. The fourth-order valence-electron chi connectivity index (χ4n) is 1.20. The van der Waals surface area contributed by atoms with Gasteiger partial charge in [-0.2, -0.15) is 0 Å². The molecule has 5 heteroatoms. The van der Waals surface area contributed by atoms with E-state index in [2.05, 4.69) is 15.9 Å². The van der Waals surface area contributed by atoms with Crippen molar-refractivity contribution >= 4 is 21.6 Å². The van der Waals surface area contributed by atoms with Crippen LogP contribution in [-0.4, -0.2) is 11.5 Å². The van der Waals surface area contributed by atoms with Gasteiger partial charge < -0.3 is 4.74 Å². The van der Waals surface area contributed by atoms with Crippen LogP contribution in [0.2, 0.25) is 0 Å². The highest BCUT2D eigenvalue weighted by Gasteiger charge is 2.16. The van der Waals surface area contributed by atoms with Gasteiger partial charge in [0, 0.05) is 10.9 Å². The van der Waals surface area contributed by atoms with Crippen molar-refractivity contribution in [2.45, 2.75) is 18.7 Å². The Balaban J connectivity index is 3.14. The van der Waals surface area contributed by atoms with Crippen LogP contribution < -0.4 is 4.74 Å². The molecule has 1 aromatic carbocycles. The fraction of sp³-hybridized carbons (Fsp3) is 0.400. The van der Waals surface area contributed by atoms with Crippen LogP contribution in [0, 0.1) is 10.1 Å². The largest absolute Gasteiger partial charge is 0.487 e. The summed E-state index contributed by atoms with van der Waals surface area (Å²) < 4.78 is 5.18. The van der Waals surface area contributed by atoms with Crippen LogP contribution >= 0.6 is 15.9 Å². The first-order chi connectivity index (χ1) is 7.06.